The van der Waals surface area contributed by atoms with E-state index in [0.717, 1.165) is 16.3 Å². The minimum atomic E-state index is -0.436. The number of nitro benzene ring substituents is 1. The van der Waals surface area contributed by atoms with E-state index < -0.39 is 4.92 Å². The highest BCUT2D eigenvalue weighted by atomic mass is 32.1. The van der Waals surface area contributed by atoms with Crippen molar-refractivity contribution in [2.45, 2.75) is 13.5 Å². The van der Waals surface area contributed by atoms with Crippen LogP contribution in [0.3, 0.4) is 0 Å². The third kappa shape index (κ3) is 3.66. The number of benzene rings is 1. The molecule has 0 atom stereocenters. The Labute approximate surface area is 141 Å². The standard InChI is InChI=1S/C16H14N4O3S/c1-12-11-24-16(19(12)10-15-6-3-7-23-15)18-17-9-13-4-2-5-14(8-13)20(21)22/h2-9,11H,10H2,1H3/b17-9+,18-16-. The lowest BCUT2D eigenvalue weighted by atomic mass is 10.2. The molecule has 0 aliphatic heterocycles. The molecular weight excluding hydrogens is 328 g/mol. The first-order chi connectivity index (χ1) is 11.6. The quantitative estimate of drug-likeness (QED) is 0.405. The summed E-state index contributed by atoms with van der Waals surface area (Å²) in [6, 6.07) is 9.99. The van der Waals surface area contributed by atoms with Gasteiger partial charge in [-0.15, -0.1) is 16.4 Å². The van der Waals surface area contributed by atoms with Gasteiger partial charge in [-0.05, 0) is 19.1 Å². The van der Waals surface area contributed by atoms with Crippen LogP contribution >= 0.6 is 11.3 Å². The number of aromatic nitrogens is 1. The number of aryl methyl sites for hydroxylation is 1. The Hall–Kier alpha value is -3.00. The van der Waals surface area contributed by atoms with Crippen LogP contribution in [0.2, 0.25) is 0 Å². The number of furan rings is 1. The molecule has 0 radical (unpaired) electrons. The van der Waals surface area contributed by atoms with Gasteiger partial charge in [0.25, 0.3) is 5.69 Å². The van der Waals surface area contributed by atoms with Gasteiger partial charge in [-0.2, -0.15) is 5.10 Å². The molecule has 0 unspecified atom stereocenters. The number of rotatable bonds is 5. The lowest BCUT2D eigenvalue weighted by molar-refractivity contribution is -0.384. The van der Waals surface area contributed by atoms with E-state index in [4.69, 9.17) is 4.42 Å². The molecule has 0 bridgehead atoms. The van der Waals surface area contributed by atoms with Crippen LogP contribution in [0.15, 0.2) is 62.7 Å². The van der Waals surface area contributed by atoms with Gasteiger partial charge < -0.3 is 8.98 Å². The molecule has 0 amide bonds. The zero-order valence-corrected chi connectivity index (χ0v) is 13.6. The van der Waals surface area contributed by atoms with Gasteiger partial charge in [0.05, 0.1) is 23.9 Å². The molecule has 122 valence electrons. The topological polar surface area (TPSA) is 85.9 Å². The van der Waals surface area contributed by atoms with E-state index in [9.17, 15) is 10.1 Å². The van der Waals surface area contributed by atoms with Crippen molar-refractivity contribution in [2.24, 2.45) is 10.2 Å². The third-order valence-corrected chi connectivity index (χ3v) is 4.29. The summed E-state index contributed by atoms with van der Waals surface area (Å²) >= 11 is 1.47. The van der Waals surface area contributed by atoms with Crippen LogP contribution < -0.4 is 4.80 Å². The van der Waals surface area contributed by atoms with Gasteiger partial charge in [0.1, 0.15) is 5.76 Å². The van der Waals surface area contributed by atoms with Crippen molar-refractivity contribution in [3.8, 4) is 0 Å². The van der Waals surface area contributed by atoms with Gasteiger partial charge in [0.15, 0.2) is 0 Å². The molecule has 0 saturated heterocycles. The highest BCUT2D eigenvalue weighted by molar-refractivity contribution is 7.07. The molecule has 0 N–H and O–H groups in total. The molecule has 24 heavy (non-hydrogen) atoms. The van der Waals surface area contributed by atoms with E-state index in [1.54, 1.807) is 18.4 Å². The number of nitrogens with zero attached hydrogens (tertiary/aromatic N) is 4. The van der Waals surface area contributed by atoms with E-state index in [0.29, 0.717) is 12.1 Å². The Morgan fingerprint density at radius 2 is 2.25 bits per heavy atom. The minimum Gasteiger partial charge on any atom is -0.467 e. The van der Waals surface area contributed by atoms with E-state index in [2.05, 4.69) is 10.2 Å². The maximum atomic E-state index is 10.8. The van der Waals surface area contributed by atoms with Crippen LogP contribution in [0, 0.1) is 17.0 Å². The summed E-state index contributed by atoms with van der Waals surface area (Å²) in [5, 5.41) is 21.0. The highest BCUT2D eigenvalue weighted by Gasteiger charge is 2.05. The van der Waals surface area contributed by atoms with Crippen LogP contribution in [0.4, 0.5) is 5.69 Å². The Bertz CT molecular complexity index is 938. The van der Waals surface area contributed by atoms with Gasteiger partial charge >= 0.3 is 0 Å². The van der Waals surface area contributed by atoms with E-state index >= 15 is 0 Å². The summed E-state index contributed by atoms with van der Waals surface area (Å²) in [4.78, 5) is 11.1. The van der Waals surface area contributed by atoms with Crippen molar-refractivity contribution in [3.05, 3.63) is 80.0 Å². The zero-order chi connectivity index (χ0) is 16.9. The van der Waals surface area contributed by atoms with Gasteiger partial charge in [0.2, 0.25) is 4.80 Å². The number of thiazole rings is 1. The monoisotopic (exact) mass is 342 g/mol. The summed E-state index contributed by atoms with van der Waals surface area (Å²) in [6.45, 7) is 2.57. The Morgan fingerprint density at radius 3 is 3.00 bits per heavy atom. The fourth-order valence-electron chi connectivity index (χ4n) is 2.11. The maximum absolute atomic E-state index is 10.8. The fraction of sp³-hybridized carbons (Fsp3) is 0.125. The van der Waals surface area contributed by atoms with Crippen molar-refractivity contribution in [3.63, 3.8) is 0 Å². The molecule has 2 heterocycles. The van der Waals surface area contributed by atoms with Crippen LogP contribution in [0.5, 0.6) is 0 Å². The summed E-state index contributed by atoms with van der Waals surface area (Å²) in [7, 11) is 0. The molecule has 3 aromatic rings. The molecule has 2 aromatic heterocycles. The summed E-state index contributed by atoms with van der Waals surface area (Å²) < 4.78 is 7.36. The maximum Gasteiger partial charge on any atom is 0.270 e. The SMILES string of the molecule is Cc1cs/c(=N\N=C\c2cccc([N+](=O)[O-])c2)n1Cc1ccco1. The largest absolute Gasteiger partial charge is 0.467 e. The van der Waals surface area contributed by atoms with Crippen LogP contribution in [-0.2, 0) is 6.54 Å². The molecule has 0 aliphatic carbocycles. The smallest absolute Gasteiger partial charge is 0.270 e. The first kappa shape index (κ1) is 15.9. The highest BCUT2D eigenvalue weighted by Crippen LogP contribution is 2.11. The molecule has 0 spiro atoms. The van der Waals surface area contributed by atoms with Crippen molar-refractivity contribution in [1.29, 1.82) is 0 Å². The Morgan fingerprint density at radius 1 is 1.38 bits per heavy atom. The van der Waals surface area contributed by atoms with E-state index in [-0.39, 0.29) is 5.69 Å². The van der Waals surface area contributed by atoms with Crippen LogP contribution in [0.25, 0.3) is 0 Å². The second-order valence-electron chi connectivity index (χ2n) is 5.02. The lowest BCUT2D eigenvalue weighted by Crippen LogP contribution is -2.16. The Balaban J connectivity index is 1.84. The average Bonchev–Trinajstić information content (AvgIpc) is 3.20. The normalized spacial score (nSPS) is 12.1. The fourth-order valence-corrected chi connectivity index (χ4v) is 2.94. The molecule has 0 fully saturated rings. The van der Waals surface area contributed by atoms with E-state index in [1.807, 2.05) is 29.0 Å². The number of nitro groups is 1. The number of hydrogen-bond donors (Lipinski definition) is 0. The van der Waals surface area contributed by atoms with Gasteiger partial charge in [-0.25, -0.2) is 0 Å². The molecule has 7 nitrogen and oxygen atoms in total. The summed E-state index contributed by atoms with van der Waals surface area (Å²) in [5.74, 6) is 0.834. The lowest BCUT2D eigenvalue weighted by Gasteiger charge is -2.02. The second kappa shape index (κ2) is 7.05. The number of hydrogen-bond acceptors (Lipinski definition) is 6. The second-order valence-corrected chi connectivity index (χ2v) is 5.86. The summed E-state index contributed by atoms with van der Waals surface area (Å²) in [5.41, 5.74) is 1.71. The average molecular weight is 342 g/mol. The predicted molar refractivity (Wildman–Crippen MR) is 91.1 cm³/mol. The molecule has 0 saturated carbocycles. The zero-order valence-electron chi connectivity index (χ0n) is 12.8. The van der Waals surface area contributed by atoms with Crippen molar-refractivity contribution in [1.82, 2.24) is 4.57 Å². The first-order valence-electron chi connectivity index (χ1n) is 7.12. The Kier molecular flexibility index (Phi) is 4.66. The van der Waals surface area contributed by atoms with Gasteiger partial charge in [-0.1, -0.05) is 12.1 Å². The van der Waals surface area contributed by atoms with Gasteiger partial charge in [0, 0.05) is 28.8 Å². The third-order valence-electron chi connectivity index (χ3n) is 3.32. The predicted octanol–water partition coefficient (Wildman–Crippen LogP) is 3.34. The van der Waals surface area contributed by atoms with Gasteiger partial charge in [-0.3, -0.25) is 10.1 Å². The first-order valence-corrected chi connectivity index (χ1v) is 8.00. The molecule has 1 aromatic carbocycles. The number of non-ortho nitro benzene ring substituents is 1. The molecule has 0 aliphatic rings. The van der Waals surface area contributed by atoms with Crippen LogP contribution in [0.1, 0.15) is 17.0 Å². The van der Waals surface area contributed by atoms with E-state index in [1.165, 1.54) is 29.7 Å². The van der Waals surface area contributed by atoms with Crippen molar-refractivity contribution < 1.29 is 9.34 Å². The summed E-state index contributed by atoms with van der Waals surface area (Å²) in [6.07, 6.45) is 3.13. The molecular formula is C16H14N4O3S. The molecule has 3 rings (SSSR count). The minimum absolute atomic E-state index is 0.0267. The van der Waals surface area contributed by atoms with Crippen molar-refractivity contribution >= 4 is 23.2 Å². The molecule has 8 heteroatoms. The van der Waals surface area contributed by atoms with Crippen LogP contribution in [-0.4, -0.2) is 15.7 Å². The van der Waals surface area contributed by atoms with Crippen molar-refractivity contribution in [2.75, 3.05) is 0 Å².